The van der Waals surface area contributed by atoms with Gasteiger partial charge in [-0.3, -0.25) is 57.7 Å². The molecule has 0 spiro atoms. The van der Waals surface area contributed by atoms with E-state index in [0.717, 1.165) is 0 Å². The molecule has 0 aliphatic carbocycles. The number of carbonyl (C=O) groups is 11. The van der Waals surface area contributed by atoms with E-state index in [9.17, 15) is 63.0 Å². The number of nitrogens with one attached hydrogen (secondary N) is 9. The van der Waals surface area contributed by atoms with Gasteiger partial charge in [0.2, 0.25) is 53.2 Å². The molecule has 360 valence electrons. The Hall–Kier alpha value is -5.51. The van der Waals surface area contributed by atoms with Crippen molar-refractivity contribution in [2.75, 3.05) is 30.3 Å². The number of thiol groups is 3. The van der Waals surface area contributed by atoms with Crippen molar-refractivity contribution < 1.29 is 63.0 Å². The number of nitrogens with two attached hydrogens (primary N) is 2. The maximum absolute atomic E-state index is 13.7. The lowest BCUT2D eigenvalue weighted by Gasteiger charge is -2.28. The Morgan fingerprint density at radius 2 is 0.969 bits per heavy atom. The summed E-state index contributed by atoms with van der Waals surface area (Å²) in [5.74, 6) is -14.6. The number of aliphatic carboxylic acids is 2. The van der Waals surface area contributed by atoms with Crippen LogP contribution in [-0.4, -0.2) is 160 Å². The van der Waals surface area contributed by atoms with Crippen molar-refractivity contribution in [3.63, 3.8) is 0 Å². The fourth-order valence-electron chi connectivity index (χ4n) is 5.77. The van der Waals surface area contributed by atoms with Crippen LogP contribution in [0.2, 0.25) is 0 Å². The van der Waals surface area contributed by atoms with Crippen molar-refractivity contribution in [3.8, 4) is 0 Å². The van der Waals surface area contributed by atoms with Crippen molar-refractivity contribution in [3.05, 3.63) is 0 Å². The summed E-state index contributed by atoms with van der Waals surface area (Å²) in [7, 11) is 0. The molecular weight excluding hydrogens is 905 g/mol. The van der Waals surface area contributed by atoms with Crippen LogP contribution < -0.4 is 59.3 Å². The zero-order valence-corrected chi connectivity index (χ0v) is 38.4. The quantitative estimate of drug-likeness (QED) is 0.0334. The van der Waals surface area contributed by atoms with Crippen LogP contribution in [0.25, 0.3) is 0 Å². The molecule has 9 amide bonds. The van der Waals surface area contributed by atoms with Gasteiger partial charge in [0.05, 0.1) is 19.4 Å². The maximum Gasteiger partial charge on any atom is 0.305 e. The molecule has 1 saturated heterocycles. The number of carboxylic acid groups (broad SMARTS) is 2. The summed E-state index contributed by atoms with van der Waals surface area (Å²) < 4.78 is 0. The fourth-order valence-corrected chi connectivity index (χ4v) is 6.54. The zero-order valence-electron chi connectivity index (χ0n) is 35.7. The van der Waals surface area contributed by atoms with Crippen LogP contribution in [0.5, 0.6) is 0 Å². The summed E-state index contributed by atoms with van der Waals surface area (Å²) in [6, 6.07) is -12.4. The first kappa shape index (κ1) is 56.5. The van der Waals surface area contributed by atoms with Gasteiger partial charge in [-0.25, -0.2) is 0 Å². The zero-order chi connectivity index (χ0) is 48.8. The minimum atomic E-state index is -1.83. The summed E-state index contributed by atoms with van der Waals surface area (Å²) in [5, 5.41) is 40.3. The van der Waals surface area contributed by atoms with Crippen LogP contribution in [0.4, 0.5) is 0 Å². The van der Waals surface area contributed by atoms with Gasteiger partial charge in [-0.05, 0) is 31.1 Å². The van der Waals surface area contributed by atoms with Crippen LogP contribution in [0, 0.1) is 11.8 Å². The van der Waals surface area contributed by atoms with Gasteiger partial charge in [0, 0.05) is 23.8 Å². The second-order valence-corrected chi connectivity index (χ2v) is 16.4. The molecule has 15 N–H and O–H groups in total. The average Bonchev–Trinajstić information content (AvgIpc) is 3.20. The molecule has 0 aromatic rings. The smallest absolute Gasteiger partial charge is 0.305 e. The monoisotopic (exact) mass is 964 g/mol. The van der Waals surface area contributed by atoms with Crippen molar-refractivity contribution >= 4 is 109 Å². The third-order valence-electron chi connectivity index (χ3n) is 9.08. The number of amides is 9. The third-order valence-corrected chi connectivity index (χ3v) is 10.2. The summed E-state index contributed by atoms with van der Waals surface area (Å²) in [6.07, 6.45) is -2.04. The molecule has 0 saturated carbocycles. The van der Waals surface area contributed by atoms with E-state index in [-0.39, 0.29) is 49.2 Å². The van der Waals surface area contributed by atoms with Crippen LogP contribution in [0.3, 0.4) is 0 Å². The number of rotatable bonds is 14. The summed E-state index contributed by atoms with van der Waals surface area (Å²) in [5.41, 5.74) is 10.8. The molecule has 0 radical (unpaired) electrons. The minimum Gasteiger partial charge on any atom is -0.481 e. The normalized spacial score (nSPS) is 25.5. The number of hydrogen-bond acceptors (Lipinski definition) is 15. The lowest BCUT2D eigenvalue weighted by molar-refractivity contribution is -0.142. The first-order valence-electron chi connectivity index (χ1n) is 20.0. The van der Waals surface area contributed by atoms with Gasteiger partial charge in [-0.2, -0.15) is 37.9 Å². The standard InChI is InChI=1S/C36H60N12O13S3/c1-15(2)8-18-29(55)43-20(10-26(52)53)30(56)45-22(13-63)33(59)47-23(14-64)34(60)46-21(12-62)32(58)42-17(6-5-7-39-36(37)38)28(54)40-11-24(49)41-19(9-25(50)51)31(57)48-27(16(3)4)35(61)44-18/h15-23,27,62-64H,5-14H2,1-4H3,(H,40,54)(H,41,49)(H,42,58)(H,43,55)(H,44,61)(H,45,56)(H,46,60)(H,47,59)(H,48,57)(H,50,51)(H,52,53)(H4,37,38,39)/t17-,18-,19-,20-,21-,22-,23-,27-/m0/s1. The highest BCUT2D eigenvalue weighted by molar-refractivity contribution is 7.80. The molecule has 1 fully saturated rings. The molecular formula is C36H60N12O13S3. The van der Waals surface area contributed by atoms with E-state index in [1.807, 2.05) is 0 Å². The molecule has 8 atom stereocenters. The van der Waals surface area contributed by atoms with Crippen LogP contribution >= 0.6 is 37.9 Å². The van der Waals surface area contributed by atoms with Crippen LogP contribution in [0.15, 0.2) is 4.99 Å². The van der Waals surface area contributed by atoms with E-state index in [1.54, 1.807) is 13.8 Å². The largest absolute Gasteiger partial charge is 0.481 e. The van der Waals surface area contributed by atoms with Crippen LogP contribution in [0.1, 0.15) is 59.8 Å². The van der Waals surface area contributed by atoms with Gasteiger partial charge in [0.1, 0.15) is 48.3 Å². The number of aliphatic imine (C=N–C) groups is 1. The molecule has 1 aliphatic heterocycles. The van der Waals surface area contributed by atoms with E-state index in [2.05, 4.69) is 90.7 Å². The number of carbonyl (C=O) groups excluding carboxylic acids is 9. The molecule has 0 aromatic heterocycles. The van der Waals surface area contributed by atoms with Crippen LogP contribution in [-0.2, 0) is 52.7 Å². The van der Waals surface area contributed by atoms with E-state index in [1.165, 1.54) is 13.8 Å². The van der Waals surface area contributed by atoms with Gasteiger partial charge >= 0.3 is 11.9 Å². The Labute approximate surface area is 385 Å². The molecule has 0 aromatic carbocycles. The van der Waals surface area contributed by atoms with Gasteiger partial charge in [-0.1, -0.05) is 27.7 Å². The third kappa shape index (κ3) is 20.3. The Morgan fingerprint density at radius 3 is 1.39 bits per heavy atom. The fraction of sp³-hybridized carbons (Fsp3) is 0.667. The highest BCUT2D eigenvalue weighted by atomic mass is 32.1. The number of nitrogens with zero attached hydrogens (tertiary/aromatic N) is 1. The SMILES string of the molecule is CC(C)C[C@@H]1NC(=O)[C@H](C(C)C)NC(=O)[C@H](CC(=O)O)NC(=O)CNC(=O)[C@H](CCCN=C(N)N)NC(=O)[C@H](CS)NC(=O)[C@H](CS)NC(=O)[C@H](CS)NC(=O)[C@H](CC(=O)O)NC1=O. The molecule has 1 rings (SSSR count). The Bertz CT molecular complexity index is 1750. The Balaban J connectivity index is 3.79. The molecule has 0 bridgehead atoms. The second kappa shape index (κ2) is 28.3. The molecule has 28 heteroatoms. The topological polar surface area (TPSA) is 401 Å². The van der Waals surface area contributed by atoms with E-state index in [4.69, 9.17) is 11.5 Å². The van der Waals surface area contributed by atoms with E-state index >= 15 is 0 Å². The molecule has 64 heavy (non-hydrogen) atoms. The highest BCUT2D eigenvalue weighted by Crippen LogP contribution is 2.11. The molecule has 1 aliphatic rings. The highest BCUT2D eigenvalue weighted by Gasteiger charge is 2.36. The van der Waals surface area contributed by atoms with Gasteiger partial charge in [-0.15, -0.1) is 0 Å². The molecule has 1 heterocycles. The average molecular weight is 965 g/mol. The van der Waals surface area contributed by atoms with E-state index < -0.39 is 144 Å². The van der Waals surface area contributed by atoms with Crippen molar-refractivity contribution in [2.24, 2.45) is 28.3 Å². The summed E-state index contributed by atoms with van der Waals surface area (Å²) in [4.78, 5) is 148. The number of guanidine groups is 1. The lowest BCUT2D eigenvalue weighted by Crippen LogP contribution is -2.61. The maximum atomic E-state index is 13.7. The predicted octanol–water partition coefficient (Wildman–Crippen LogP) is -5.51. The van der Waals surface area contributed by atoms with Crippen molar-refractivity contribution in [1.29, 1.82) is 0 Å². The first-order chi connectivity index (χ1) is 29.9. The van der Waals surface area contributed by atoms with E-state index in [0.29, 0.717) is 0 Å². The Kier molecular flexibility index (Phi) is 25.0. The predicted molar refractivity (Wildman–Crippen MR) is 239 cm³/mol. The lowest BCUT2D eigenvalue weighted by atomic mass is 9.99. The van der Waals surface area contributed by atoms with Crippen molar-refractivity contribution in [2.45, 2.75) is 108 Å². The van der Waals surface area contributed by atoms with Gasteiger partial charge in [0.15, 0.2) is 5.96 Å². The Morgan fingerprint density at radius 1 is 0.578 bits per heavy atom. The first-order valence-corrected chi connectivity index (χ1v) is 21.8. The summed E-state index contributed by atoms with van der Waals surface area (Å²) >= 11 is 12.4. The number of carboxylic acids is 2. The number of hydrogen-bond donors (Lipinski definition) is 16. The minimum absolute atomic E-state index is 0.0129. The summed E-state index contributed by atoms with van der Waals surface area (Å²) in [6.45, 7) is 5.58. The second-order valence-electron chi connectivity index (χ2n) is 15.3. The van der Waals surface area contributed by atoms with Gasteiger partial charge in [0.25, 0.3) is 0 Å². The van der Waals surface area contributed by atoms with Gasteiger partial charge < -0.3 is 69.5 Å². The molecule has 25 nitrogen and oxygen atoms in total. The molecule has 0 unspecified atom stereocenters. The van der Waals surface area contributed by atoms with Crippen molar-refractivity contribution in [1.82, 2.24) is 47.9 Å².